The summed E-state index contributed by atoms with van der Waals surface area (Å²) in [5, 5.41) is 2.96. The Morgan fingerprint density at radius 3 is 2.68 bits per heavy atom. The van der Waals surface area contributed by atoms with Crippen LogP contribution in [0.3, 0.4) is 0 Å². The van der Waals surface area contributed by atoms with E-state index in [0.29, 0.717) is 24.5 Å². The molecule has 0 aromatic heterocycles. The van der Waals surface area contributed by atoms with Gasteiger partial charge in [-0.3, -0.25) is 9.69 Å². The molecule has 1 amide bonds. The number of ether oxygens (including phenoxy) is 2. The van der Waals surface area contributed by atoms with Gasteiger partial charge in [-0.05, 0) is 61.3 Å². The number of esters is 1. The van der Waals surface area contributed by atoms with Crippen LogP contribution in [0.15, 0.2) is 42.5 Å². The second kappa shape index (κ2) is 11.3. The van der Waals surface area contributed by atoms with Crippen LogP contribution in [-0.4, -0.2) is 51.0 Å². The second-order valence-corrected chi connectivity index (χ2v) is 8.28. The van der Waals surface area contributed by atoms with Crippen LogP contribution in [0.5, 0.6) is 0 Å². The summed E-state index contributed by atoms with van der Waals surface area (Å²) < 4.78 is 23.6. The zero-order valence-corrected chi connectivity index (χ0v) is 18.5. The monoisotopic (exact) mass is 446 g/mol. The Bertz CT molecular complexity index is 907. The molecule has 1 unspecified atom stereocenters. The van der Waals surface area contributed by atoms with Gasteiger partial charge in [-0.2, -0.15) is 0 Å². The van der Waals surface area contributed by atoms with Crippen molar-refractivity contribution in [1.82, 2.24) is 5.32 Å². The number of amides is 1. The van der Waals surface area contributed by atoms with E-state index < -0.39 is 5.97 Å². The maximum atomic E-state index is 13.3. The smallest absolute Gasteiger partial charge is 0.338 e. The third kappa shape index (κ3) is 6.06. The molecule has 0 bridgehead atoms. The minimum absolute atomic E-state index is 0.0164. The van der Waals surface area contributed by atoms with E-state index in [1.165, 1.54) is 23.9 Å². The Hall–Kier alpha value is -2.42. The van der Waals surface area contributed by atoms with Crippen molar-refractivity contribution < 1.29 is 23.5 Å². The molecule has 1 aliphatic heterocycles. The maximum absolute atomic E-state index is 13.3. The summed E-state index contributed by atoms with van der Waals surface area (Å²) in [7, 11) is 1.66. The van der Waals surface area contributed by atoms with Gasteiger partial charge in [0.15, 0.2) is 0 Å². The van der Waals surface area contributed by atoms with Gasteiger partial charge in [0, 0.05) is 25.9 Å². The van der Waals surface area contributed by atoms with Crippen LogP contribution in [0.2, 0.25) is 0 Å². The van der Waals surface area contributed by atoms with Crippen LogP contribution in [0.25, 0.3) is 0 Å². The van der Waals surface area contributed by atoms with Crippen molar-refractivity contribution in [2.75, 3.05) is 44.1 Å². The molecule has 2 aromatic rings. The fraction of sp³-hybridized carbons (Fsp3) is 0.391. The van der Waals surface area contributed by atoms with Crippen molar-refractivity contribution in [3.63, 3.8) is 0 Å². The third-order valence-corrected chi connectivity index (χ3v) is 6.14. The zero-order valence-electron chi connectivity index (χ0n) is 17.7. The van der Waals surface area contributed by atoms with E-state index in [2.05, 4.69) is 5.32 Å². The minimum atomic E-state index is -0.398. The lowest BCUT2D eigenvalue weighted by atomic mass is 10.1. The van der Waals surface area contributed by atoms with E-state index in [1.807, 2.05) is 6.92 Å². The molecule has 1 aliphatic rings. The van der Waals surface area contributed by atoms with Gasteiger partial charge in [0.2, 0.25) is 5.91 Å². The maximum Gasteiger partial charge on any atom is 0.338 e. The number of halogens is 1. The van der Waals surface area contributed by atoms with Crippen molar-refractivity contribution >= 4 is 29.3 Å². The summed E-state index contributed by atoms with van der Waals surface area (Å²) in [5.41, 5.74) is 2.84. The average Bonchev–Trinajstić information content (AvgIpc) is 3.14. The number of methoxy groups -OCH3 is 1. The van der Waals surface area contributed by atoms with Gasteiger partial charge in [0.25, 0.3) is 0 Å². The van der Waals surface area contributed by atoms with Gasteiger partial charge in [-0.1, -0.05) is 12.1 Å². The predicted molar refractivity (Wildman–Crippen MR) is 120 cm³/mol. The van der Waals surface area contributed by atoms with Gasteiger partial charge in [-0.15, -0.1) is 11.8 Å². The van der Waals surface area contributed by atoms with Crippen LogP contribution in [0.4, 0.5) is 10.1 Å². The molecule has 6 nitrogen and oxygen atoms in total. The number of carbonyl (C=O) groups is 2. The third-order valence-electron chi connectivity index (χ3n) is 4.93. The summed E-state index contributed by atoms with van der Waals surface area (Å²) in [6.45, 7) is 4.21. The number of anilines is 1. The molecular weight excluding hydrogens is 419 g/mol. The number of rotatable bonds is 10. The minimum Gasteiger partial charge on any atom is -0.461 e. The molecule has 1 atom stereocenters. The highest BCUT2D eigenvalue weighted by atomic mass is 32.2. The molecule has 1 saturated heterocycles. The standard InChI is InChI=1S/C23H27FN2O4S/c1-16-14-18(23(28)30-13-11-25-10-3-12-29-2)6-9-20(16)26-21(27)15-31-22(26)17-4-7-19(24)8-5-17/h4-9,14,22,25H,3,10-13,15H2,1-2H3. The Kier molecular flexibility index (Phi) is 8.45. The lowest BCUT2D eigenvalue weighted by Crippen LogP contribution is -2.28. The predicted octanol–water partition coefficient (Wildman–Crippen LogP) is 3.70. The Morgan fingerprint density at radius 2 is 1.97 bits per heavy atom. The molecule has 3 rings (SSSR count). The number of carbonyl (C=O) groups excluding carboxylic acids is 2. The van der Waals surface area contributed by atoms with E-state index >= 15 is 0 Å². The number of nitrogens with one attached hydrogen (secondary N) is 1. The fourth-order valence-electron chi connectivity index (χ4n) is 3.38. The zero-order chi connectivity index (χ0) is 22.2. The number of thioether (sulfide) groups is 1. The van der Waals surface area contributed by atoms with Crippen molar-refractivity contribution in [1.29, 1.82) is 0 Å². The normalized spacial score (nSPS) is 16.0. The van der Waals surface area contributed by atoms with E-state index in [4.69, 9.17) is 9.47 Å². The summed E-state index contributed by atoms with van der Waals surface area (Å²) >= 11 is 1.50. The first-order valence-electron chi connectivity index (χ1n) is 10.2. The first-order valence-corrected chi connectivity index (χ1v) is 11.2. The molecule has 1 N–H and O–H groups in total. The number of nitrogens with zero attached hydrogens (tertiary/aromatic N) is 1. The molecular formula is C23H27FN2O4S. The fourth-order valence-corrected chi connectivity index (χ4v) is 4.55. The quantitative estimate of drug-likeness (QED) is 0.444. The average molecular weight is 447 g/mol. The van der Waals surface area contributed by atoms with Crippen molar-refractivity contribution in [2.45, 2.75) is 18.7 Å². The van der Waals surface area contributed by atoms with Crippen LogP contribution < -0.4 is 10.2 Å². The summed E-state index contributed by atoms with van der Waals surface area (Å²) in [4.78, 5) is 26.7. The van der Waals surface area contributed by atoms with E-state index in [1.54, 1.807) is 42.3 Å². The molecule has 1 heterocycles. The Morgan fingerprint density at radius 1 is 1.19 bits per heavy atom. The van der Waals surface area contributed by atoms with Crippen molar-refractivity contribution in [2.24, 2.45) is 0 Å². The summed E-state index contributed by atoms with van der Waals surface area (Å²) in [6.07, 6.45) is 0.900. The highest BCUT2D eigenvalue weighted by Crippen LogP contribution is 2.42. The molecule has 1 fully saturated rings. The molecule has 0 saturated carbocycles. The SMILES string of the molecule is COCCCNCCOC(=O)c1ccc(N2C(=O)CSC2c2ccc(F)cc2)c(C)c1. The lowest BCUT2D eigenvalue weighted by molar-refractivity contribution is -0.115. The highest BCUT2D eigenvalue weighted by molar-refractivity contribution is 8.00. The van der Waals surface area contributed by atoms with Gasteiger partial charge in [0.1, 0.15) is 17.8 Å². The lowest BCUT2D eigenvalue weighted by Gasteiger charge is -2.26. The molecule has 31 heavy (non-hydrogen) atoms. The van der Waals surface area contributed by atoms with E-state index in [0.717, 1.165) is 29.8 Å². The topological polar surface area (TPSA) is 67.9 Å². The van der Waals surface area contributed by atoms with Gasteiger partial charge in [-0.25, -0.2) is 9.18 Å². The molecule has 166 valence electrons. The summed E-state index contributed by atoms with van der Waals surface area (Å²) in [5.74, 6) is -0.375. The first-order chi connectivity index (χ1) is 15.0. The van der Waals surface area contributed by atoms with E-state index in [9.17, 15) is 14.0 Å². The van der Waals surface area contributed by atoms with Gasteiger partial charge < -0.3 is 14.8 Å². The van der Waals surface area contributed by atoms with Crippen LogP contribution in [0, 0.1) is 12.7 Å². The van der Waals surface area contributed by atoms with E-state index in [-0.39, 0.29) is 23.7 Å². The van der Waals surface area contributed by atoms with Gasteiger partial charge >= 0.3 is 5.97 Å². The summed E-state index contributed by atoms with van der Waals surface area (Å²) in [6, 6.07) is 11.4. The molecule has 8 heteroatoms. The van der Waals surface area contributed by atoms with Crippen molar-refractivity contribution in [3.8, 4) is 0 Å². The Labute approximate surface area is 186 Å². The molecule has 0 aliphatic carbocycles. The van der Waals surface area contributed by atoms with Gasteiger partial charge in [0.05, 0.1) is 11.3 Å². The molecule has 0 spiro atoms. The van der Waals surface area contributed by atoms with Crippen LogP contribution >= 0.6 is 11.8 Å². The second-order valence-electron chi connectivity index (χ2n) is 7.21. The highest BCUT2D eigenvalue weighted by Gasteiger charge is 2.35. The van der Waals surface area contributed by atoms with Crippen LogP contribution in [0.1, 0.15) is 33.3 Å². The van der Waals surface area contributed by atoms with Crippen LogP contribution in [-0.2, 0) is 14.3 Å². The molecule has 2 aromatic carbocycles. The first kappa shape index (κ1) is 23.2. The number of aryl methyl sites for hydroxylation is 1. The number of hydrogen-bond donors (Lipinski definition) is 1. The van der Waals surface area contributed by atoms with Crippen molar-refractivity contribution in [3.05, 3.63) is 65.0 Å². The number of hydrogen-bond acceptors (Lipinski definition) is 6. The largest absolute Gasteiger partial charge is 0.461 e. The number of benzene rings is 2. The molecule has 0 radical (unpaired) electrons. The Balaban J connectivity index is 1.63.